The van der Waals surface area contributed by atoms with Crippen molar-refractivity contribution >= 4 is 39.4 Å². The third kappa shape index (κ3) is 3.35. The van der Waals surface area contributed by atoms with Gasteiger partial charge in [0.1, 0.15) is 5.82 Å². The Morgan fingerprint density at radius 1 is 1.20 bits per heavy atom. The summed E-state index contributed by atoms with van der Waals surface area (Å²) in [5.41, 5.74) is 3.26. The zero-order valence-electron chi connectivity index (χ0n) is 13.2. The first-order valence-corrected chi connectivity index (χ1v) is 10.1. The first kappa shape index (κ1) is 16.7. The van der Waals surface area contributed by atoms with Crippen LogP contribution in [0.15, 0.2) is 59.8 Å². The molecule has 0 amide bonds. The molecule has 1 aliphatic heterocycles. The molecule has 4 rings (SSSR count). The number of rotatable bonds is 3. The van der Waals surface area contributed by atoms with Gasteiger partial charge in [-0.3, -0.25) is 4.21 Å². The Bertz CT molecular complexity index is 959. The monoisotopic (exact) mass is 467 g/mol. The molecule has 25 heavy (non-hydrogen) atoms. The average Bonchev–Trinajstić information content (AvgIpc) is 3.05. The molecule has 7 heteroatoms. The smallest absolute Gasteiger partial charge is 0.128 e. The van der Waals surface area contributed by atoms with Gasteiger partial charge in [-0.15, -0.1) is 0 Å². The highest BCUT2D eigenvalue weighted by atomic mass is 127. The molecule has 0 bridgehead atoms. The molecule has 0 spiro atoms. The minimum atomic E-state index is -0.971. The summed E-state index contributed by atoms with van der Waals surface area (Å²) in [4.78, 5) is 2.93. The normalized spacial score (nSPS) is 16.7. The Balaban J connectivity index is 1.61. The van der Waals surface area contributed by atoms with E-state index in [1.807, 2.05) is 42.6 Å². The van der Waals surface area contributed by atoms with Crippen molar-refractivity contribution in [3.05, 3.63) is 66.2 Å². The van der Waals surface area contributed by atoms with E-state index in [9.17, 15) is 8.60 Å². The van der Waals surface area contributed by atoms with Crippen LogP contribution >= 0.6 is 22.9 Å². The fraction of sp³-hybridized carbons (Fsp3) is 0.167. The van der Waals surface area contributed by atoms with Gasteiger partial charge in [0, 0.05) is 36.2 Å². The van der Waals surface area contributed by atoms with E-state index in [1.54, 1.807) is 15.2 Å². The van der Waals surface area contributed by atoms with Crippen LogP contribution in [0.4, 0.5) is 10.1 Å². The molecule has 0 aliphatic carbocycles. The number of hydrogen-bond acceptors (Lipinski definition) is 3. The number of para-hydroxylation sites is 1. The molecule has 1 aromatic heterocycles. The van der Waals surface area contributed by atoms with E-state index in [2.05, 4.69) is 32.9 Å². The fourth-order valence-corrected chi connectivity index (χ4v) is 4.70. The van der Waals surface area contributed by atoms with E-state index in [0.29, 0.717) is 24.4 Å². The second-order valence-corrected chi connectivity index (χ2v) is 8.39. The molecule has 2 aromatic carbocycles. The third-order valence-corrected chi connectivity index (χ3v) is 6.21. The van der Waals surface area contributed by atoms with Crippen molar-refractivity contribution in [3.8, 4) is 11.1 Å². The predicted molar refractivity (Wildman–Crippen MR) is 106 cm³/mol. The minimum Gasteiger partial charge on any atom is -0.365 e. The molecule has 0 N–H and O–H groups in total. The van der Waals surface area contributed by atoms with E-state index in [1.165, 1.54) is 0 Å². The first-order chi connectivity index (χ1) is 12.1. The van der Waals surface area contributed by atoms with Gasteiger partial charge in [0.2, 0.25) is 0 Å². The average molecular weight is 467 g/mol. The van der Waals surface area contributed by atoms with Gasteiger partial charge in [-0.25, -0.2) is 7.29 Å². The largest absolute Gasteiger partial charge is 0.365 e. The maximum absolute atomic E-state index is 14.6. The van der Waals surface area contributed by atoms with Crippen molar-refractivity contribution in [2.75, 3.05) is 17.2 Å². The van der Waals surface area contributed by atoms with Gasteiger partial charge in [0.05, 0.1) is 50.4 Å². The summed E-state index contributed by atoms with van der Waals surface area (Å²) in [6, 6.07) is 12.9. The van der Waals surface area contributed by atoms with E-state index in [0.717, 1.165) is 21.7 Å². The lowest BCUT2D eigenvalue weighted by Gasteiger charge is -2.30. The topological polar surface area (TPSA) is 38.1 Å². The van der Waals surface area contributed by atoms with Gasteiger partial charge < -0.3 is 4.90 Å². The minimum absolute atomic E-state index is 0.233. The highest BCUT2D eigenvalue weighted by molar-refractivity contribution is 14.1. The Kier molecular flexibility index (Phi) is 4.60. The maximum atomic E-state index is 14.6. The number of aromatic nitrogens is 2. The second kappa shape index (κ2) is 6.87. The van der Waals surface area contributed by atoms with Crippen LogP contribution in [-0.4, -0.2) is 24.5 Å². The van der Waals surface area contributed by atoms with E-state index in [4.69, 9.17) is 0 Å². The number of hydrogen-bond donors (Lipinski definition) is 0. The lowest BCUT2D eigenvalue weighted by molar-refractivity contribution is 0.604. The predicted octanol–water partition coefficient (Wildman–Crippen LogP) is 4.02. The van der Waals surface area contributed by atoms with Gasteiger partial charge in [0.15, 0.2) is 0 Å². The molecule has 0 radical (unpaired) electrons. The number of anilines is 1. The molecular formula is C18H15FIN3OS. The Morgan fingerprint density at radius 2 is 2.04 bits per heavy atom. The Hall–Kier alpha value is -1.74. The Morgan fingerprint density at radius 3 is 2.80 bits per heavy atom. The number of nitrogens with zero attached hydrogens (tertiary/aromatic N) is 3. The number of fused-ring (bicyclic) bond motifs is 1. The van der Waals surface area contributed by atoms with Gasteiger partial charge in [-0.05, 0) is 23.8 Å². The van der Waals surface area contributed by atoms with Crippen molar-refractivity contribution in [1.29, 1.82) is 0 Å². The molecule has 3 aromatic rings. The molecule has 1 atom stereocenters. The summed E-state index contributed by atoms with van der Waals surface area (Å²) in [7, 11) is -0.971. The summed E-state index contributed by atoms with van der Waals surface area (Å²) < 4.78 is 28.5. The van der Waals surface area contributed by atoms with Gasteiger partial charge in [-0.2, -0.15) is 5.10 Å². The molecule has 1 unspecified atom stereocenters. The van der Waals surface area contributed by atoms with Crippen molar-refractivity contribution in [1.82, 2.24) is 7.99 Å². The van der Waals surface area contributed by atoms with Crippen molar-refractivity contribution < 1.29 is 8.60 Å². The van der Waals surface area contributed by atoms with Crippen LogP contribution in [0.1, 0.15) is 5.56 Å². The summed E-state index contributed by atoms with van der Waals surface area (Å²) in [6.45, 7) is 1.12. The van der Waals surface area contributed by atoms with Crippen molar-refractivity contribution in [3.63, 3.8) is 0 Å². The van der Waals surface area contributed by atoms with Gasteiger partial charge >= 0.3 is 0 Å². The molecule has 128 valence electrons. The molecule has 0 saturated heterocycles. The van der Waals surface area contributed by atoms with Crippen LogP contribution < -0.4 is 4.90 Å². The lowest BCUT2D eigenvalue weighted by Crippen LogP contribution is -2.32. The zero-order chi connectivity index (χ0) is 17.4. The fourth-order valence-electron chi connectivity index (χ4n) is 3.01. The molecular weight excluding hydrogens is 452 g/mol. The van der Waals surface area contributed by atoms with Crippen LogP contribution in [0.3, 0.4) is 0 Å². The lowest BCUT2D eigenvalue weighted by atomic mass is 10.1. The summed E-state index contributed by atoms with van der Waals surface area (Å²) >= 11 is 2.06. The van der Waals surface area contributed by atoms with E-state index >= 15 is 0 Å². The number of benzene rings is 2. The third-order valence-electron chi connectivity index (χ3n) is 4.30. The van der Waals surface area contributed by atoms with Gasteiger partial charge in [-0.1, -0.05) is 24.3 Å². The summed E-state index contributed by atoms with van der Waals surface area (Å²) in [5, 5.41) is 4.11. The number of halogens is 2. The molecule has 0 saturated carbocycles. The first-order valence-electron chi connectivity index (χ1n) is 7.84. The van der Waals surface area contributed by atoms with Gasteiger partial charge in [0.25, 0.3) is 0 Å². The Labute approximate surface area is 161 Å². The second-order valence-electron chi connectivity index (χ2n) is 5.86. The van der Waals surface area contributed by atoms with Crippen LogP contribution in [0, 0.1) is 5.82 Å². The molecule has 0 fully saturated rings. The quantitative estimate of drug-likeness (QED) is 0.547. The van der Waals surface area contributed by atoms with Crippen molar-refractivity contribution in [2.45, 2.75) is 11.4 Å². The van der Waals surface area contributed by atoms with Crippen LogP contribution in [-0.2, 0) is 17.3 Å². The highest BCUT2D eigenvalue weighted by Gasteiger charge is 2.22. The molecule has 1 aliphatic rings. The SMILES string of the molecule is O=S1CCN(Cc2ccc(-c3cnn(I)c3)cc2F)c2ccccc21. The van der Waals surface area contributed by atoms with E-state index < -0.39 is 10.8 Å². The summed E-state index contributed by atoms with van der Waals surface area (Å²) in [6.07, 6.45) is 3.57. The van der Waals surface area contributed by atoms with Crippen LogP contribution in [0.25, 0.3) is 11.1 Å². The zero-order valence-corrected chi connectivity index (χ0v) is 16.2. The van der Waals surface area contributed by atoms with Crippen molar-refractivity contribution in [2.24, 2.45) is 0 Å². The standard InChI is InChI=1S/C18H15FIN3OS/c19-16-9-13(15-10-21-23(20)12-15)5-6-14(16)11-22-7-8-25(24)18-4-2-1-3-17(18)22/h1-6,9-10,12H,7-8,11H2. The highest BCUT2D eigenvalue weighted by Crippen LogP contribution is 2.30. The maximum Gasteiger partial charge on any atom is 0.128 e. The van der Waals surface area contributed by atoms with Crippen LogP contribution in [0.2, 0.25) is 0 Å². The van der Waals surface area contributed by atoms with E-state index in [-0.39, 0.29) is 5.82 Å². The van der Waals surface area contributed by atoms with Crippen LogP contribution in [0.5, 0.6) is 0 Å². The molecule has 4 nitrogen and oxygen atoms in total. The summed E-state index contributed by atoms with van der Waals surface area (Å²) in [5.74, 6) is 0.342. The molecule has 2 heterocycles.